The molecule has 0 fully saturated rings. The smallest absolute Gasteiger partial charge is 0.354 e. The van der Waals surface area contributed by atoms with E-state index in [1.54, 1.807) is 0 Å². The standard InChI is InChI=1S/C13H9F3N2O2S2/c14-13(15,16)7-1-3-9-12(5-7)21-11-4-2-8(22(17,19)20)6-10(11)18-9/h1-6,18H,(H2,17,19,20). The Hall–Kier alpha value is -1.71. The first-order valence-electron chi connectivity index (χ1n) is 5.97. The third-order valence-corrected chi connectivity index (χ3v) is 5.12. The quantitative estimate of drug-likeness (QED) is 0.707. The van der Waals surface area contributed by atoms with Crippen molar-refractivity contribution in [2.75, 3.05) is 5.32 Å². The highest BCUT2D eigenvalue weighted by molar-refractivity contribution is 7.99. The molecule has 116 valence electrons. The Morgan fingerprint density at radius 2 is 1.73 bits per heavy atom. The Morgan fingerprint density at radius 1 is 1.00 bits per heavy atom. The van der Waals surface area contributed by atoms with Crippen LogP contribution in [0.5, 0.6) is 0 Å². The Kier molecular flexibility index (Phi) is 3.38. The van der Waals surface area contributed by atoms with Gasteiger partial charge in [0.25, 0.3) is 0 Å². The van der Waals surface area contributed by atoms with Gasteiger partial charge in [0, 0.05) is 9.79 Å². The van der Waals surface area contributed by atoms with Crippen LogP contribution in [0, 0.1) is 0 Å². The minimum absolute atomic E-state index is 0.0605. The van der Waals surface area contributed by atoms with E-state index in [9.17, 15) is 21.6 Å². The molecule has 2 aromatic carbocycles. The summed E-state index contributed by atoms with van der Waals surface area (Å²) in [5.74, 6) is 0. The van der Waals surface area contributed by atoms with Crippen LogP contribution in [-0.4, -0.2) is 8.42 Å². The highest BCUT2D eigenvalue weighted by atomic mass is 32.2. The first-order chi connectivity index (χ1) is 10.1. The molecule has 3 rings (SSSR count). The Balaban J connectivity index is 2.02. The molecule has 1 aliphatic rings. The molecule has 1 aliphatic heterocycles. The zero-order valence-electron chi connectivity index (χ0n) is 10.8. The minimum Gasteiger partial charge on any atom is -0.354 e. The zero-order chi connectivity index (χ0) is 16.1. The SMILES string of the molecule is NS(=O)(=O)c1ccc2c(c1)Nc1ccc(C(F)(F)F)cc1S2. The number of alkyl halides is 3. The predicted molar refractivity (Wildman–Crippen MR) is 76.7 cm³/mol. The molecular weight excluding hydrogens is 337 g/mol. The van der Waals surface area contributed by atoms with Crippen molar-refractivity contribution in [1.29, 1.82) is 0 Å². The third-order valence-electron chi connectivity index (χ3n) is 3.08. The van der Waals surface area contributed by atoms with E-state index in [1.807, 2.05) is 0 Å². The summed E-state index contributed by atoms with van der Waals surface area (Å²) in [5.41, 5.74) is 0.242. The van der Waals surface area contributed by atoms with Crippen LogP contribution in [0.1, 0.15) is 5.56 Å². The number of fused-ring (bicyclic) bond motifs is 2. The van der Waals surface area contributed by atoms with Gasteiger partial charge in [-0.05, 0) is 36.4 Å². The summed E-state index contributed by atoms with van der Waals surface area (Å²) in [7, 11) is -3.84. The van der Waals surface area contributed by atoms with E-state index in [0.717, 1.165) is 23.9 Å². The van der Waals surface area contributed by atoms with Crippen LogP contribution >= 0.6 is 11.8 Å². The topological polar surface area (TPSA) is 72.2 Å². The van der Waals surface area contributed by atoms with E-state index in [-0.39, 0.29) is 4.90 Å². The Labute approximate surface area is 128 Å². The van der Waals surface area contributed by atoms with Gasteiger partial charge >= 0.3 is 6.18 Å². The fourth-order valence-corrected chi connectivity index (χ4v) is 3.57. The van der Waals surface area contributed by atoms with Gasteiger partial charge in [-0.3, -0.25) is 0 Å². The van der Waals surface area contributed by atoms with E-state index < -0.39 is 21.8 Å². The molecule has 2 aromatic rings. The molecule has 0 spiro atoms. The summed E-state index contributed by atoms with van der Waals surface area (Å²) in [4.78, 5) is 0.986. The predicted octanol–water partition coefficient (Wildman–Crippen LogP) is 3.56. The molecule has 0 aromatic heterocycles. The lowest BCUT2D eigenvalue weighted by Crippen LogP contribution is -2.13. The monoisotopic (exact) mass is 346 g/mol. The molecule has 0 bridgehead atoms. The van der Waals surface area contributed by atoms with Crippen molar-refractivity contribution in [1.82, 2.24) is 0 Å². The largest absolute Gasteiger partial charge is 0.416 e. The number of hydrogen-bond donors (Lipinski definition) is 2. The second kappa shape index (κ2) is 4.90. The first-order valence-corrected chi connectivity index (χ1v) is 8.34. The first kappa shape index (κ1) is 15.2. The Morgan fingerprint density at radius 3 is 2.36 bits per heavy atom. The Bertz CT molecular complexity index is 864. The number of halogens is 3. The van der Waals surface area contributed by atoms with Crippen molar-refractivity contribution in [2.24, 2.45) is 5.14 Å². The van der Waals surface area contributed by atoms with Crippen molar-refractivity contribution in [3.63, 3.8) is 0 Å². The number of primary sulfonamides is 1. The van der Waals surface area contributed by atoms with Crippen LogP contribution in [0.2, 0.25) is 0 Å². The maximum absolute atomic E-state index is 12.7. The van der Waals surface area contributed by atoms with Gasteiger partial charge in [0.05, 0.1) is 21.8 Å². The highest BCUT2D eigenvalue weighted by Crippen LogP contribution is 2.46. The van der Waals surface area contributed by atoms with Gasteiger partial charge in [0.15, 0.2) is 0 Å². The van der Waals surface area contributed by atoms with Gasteiger partial charge in [-0.15, -0.1) is 0 Å². The maximum atomic E-state index is 12.7. The average Bonchev–Trinajstić information content (AvgIpc) is 2.41. The molecule has 1 heterocycles. The number of sulfonamides is 1. The van der Waals surface area contributed by atoms with E-state index in [0.29, 0.717) is 21.2 Å². The second-order valence-electron chi connectivity index (χ2n) is 4.64. The molecule has 0 saturated heterocycles. The maximum Gasteiger partial charge on any atom is 0.416 e. The molecule has 0 unspecified atom stereocenters. The van der Waals surface area contributed by atoms with Crippen molar-refractivity contribution in [3.8, 4) is 0 Å². The molecule has 0 amide bonds. The van der Waals surface area contributed by atoms with Crippen LogP contribution in [-0.2, 0) is 16.2 Å². The lowest BCUT2D eigenvalue weighted by Gasteiger charge is -2.22. The van der Waals surface area contributed by atoms with Gasteiger partial charge in [-0.2, -0.15) is 13.2 Å². The van der Waals surface area contributed by atoms with Crippen molar-refractivity contribution >= 4 is 33.2 Å². The summed E-state index contributed by atoms with van der Waals surface area (Å²) in [6.45, 7) is 0. The lowest BCUT2D eigenvalue weighted by molar-refractivity contribution is -0.137. The van der Waals surface area contributed by atoms with E-state index in [1.165, 1.54) is 24.3 Å². The van der Waals surface area contributed by atoms with E-state index in [4.69, 9.17) is 5.14 Å². The molecule has 0 atom stereocenters. The second-order valence-corrected chi connectivity index (χ2v) is 7.28. The molecule has 22 heavy (non-hydrogen) atoms. The summed E-state index contributed by atoms with van der Waals surface area (Å²) in [6, 6.07) is 7.54. The van der Waals surface area contributed by atoms with Crippen LogP contribution in [0.15, 0.2) is 51.1 Å². The number of hydrogen-bond acceptors (Lipinski definition) is 4. The highest BCUT2D eigenvalue weighted by Gasteiger charge is 2.31. The van der Waals surface area contributed by atoms with Gasteiger partial charge in [-0.25, -0.2) is 13.6 Å². The minimum atomic E-state index is -4.41. The zero-order valence-corrected chi connectivity index (χ0v) is 12.4. The van der Waals surface area contributed by atoms with Crippen molar-refractivity contribution in [2.45, 2.75) is 20.9 Å². The summed E-state index contributed by atoms with van der Waals surface area (Å²) in [5, 5.41) is 7.99. The third kappa shape index (κ3) is 2.79. The van der Waals surface area contributed by atoms with E-state index >= 15 is 0 Å². The molecule has 0 aliphatic carbocycles. The lowest BCUT2D eigenvalue weighted by atomic mass is 10.2. The average molecular weight is 346 g/mol. The summed E-state index contributed by atoms with van der Waals surface area (Å²) < 4.78 is 60.9. The molecular formula is C13H9F3N2O2S2. The summed E-state index contributed by atoms with van der Waals surface area (Å²) in [6.07, 6.45) is -4.41. The number of anilines is 2. The van der Waals surface area contributed by atoms with Gasteiger partial charge < -0.3 is 5.32 Å². The molecule has 0 saturated carbocycles. The molecule has 0 radical (unpaired) electrons. The van der Waals surface area contributed by atoms with Crippen molar-refractivity contribution in [3.05, 3.63) is 42.0 Å². The van der Waals surface area contributed by atoms with Gasteiger partial charge in [0.1, 0.15) is 0 Å². The van der Waals surface area contributed by atoms with Crippen LogP contribution in [0.3, 0.4) is 0 Å². The number of nitrogens with one attached hydrogen (secondary N) is 1. The fraction of sp³-hybridized carbons (Fsp3) is 0.0769. The van der Waals surface area contributed by atoms with Crippen LogP contribution in [0.4, 0.5) is 24.5 Å². The summed E-state index contributed by atoms with van der Waals surface area (Å²) >= 11 is 1.13. The normalized spacial score (nSPS) is 14.0. The number of benzene rings is 2. The van der Waals surface area contributed by atoms with Gasteiger partial charge in [-0.1, -0.05) is 11.8 Å². The van der Waals surface area contributed by atoms with Gasteiger partial charge in [0.2, 0.25) is 10.0 Å². The number of rotatable bonds is 1. The molecule has 3 N–H and O–H groups in total. The van der Waals surface area contributed by atoms with Crippen LogP contribution < -0.4 is 10.5 Å². The fourth-order valence-electron chi connectivity index (χ4n) is 2.02. The molecule has 9 heteroatoms. The molecule has 4 nitrogen and oxygen atoms in total. The van der Waals surface area contributed by atoms with E-state index in [2.05, 4.69) is 5.32 Å². The van der Waals surface area contributed by atoms with Crippen LogP contribution in [0.25, 0.3) is 0 Å². The van der Waals surface area contributed by atoms with Crippen molar-refractivity contribution < 1.29 is 21.6 Å². The number of nitrogens with two attached hydrogens (primary N) is 1.